The molecule has 2 aliphatic heterocycles. The number of nitrogens with zero attached hydrogens (tertiary/aromatic N) is 4. The quantitative estimate of drug-likeness (QED) is 0.361. The number of anilines is 2. The van der Waals surface area contributed by atoms with Crippen molar-refractivity contribution in [1.82, 2.24) is 14.9 Å². The number of rotatable bonds is 10. The van der Waals surface area contributed by atoms with Crippen LogP contribution in [0.2, 0.25) is 0 Å². The number of aliphatic hydroxyl groups excluding tert-OH is 1. The molecule has 0 radical (unpaired) electrons. The summed E-state index contributed by atoms with van der Waals surface area (Å²) in [6.45, 7) is 2.21. The van der Waals surface area contributed by atoms with E-state index in [4.69, 9.17) is 4.74 Å². The number of carboxylic acid groups (broad SMARTS) is 1. The van der Waals surface area contributed by atoms with E-state index in [2.05, 4.69) is 15.3 Å². The summed E-state index contributed by atoms with van der Waals surface area (Å²) in [7, 11) is 0. The van der Waals surface area contributed by atoms with Gasteiger partial charge in [0.1, 0.15) is 12.4 Å². The second kappa shape index (κ2) is 12.5. The molecule has 224 valence electrons. The fourth-order valence-electron chi connectivity index (χ4n) is 5.85. The Kier molecular flexibility index (Phi) is 8.95. The highest BCUT2D eigenvalue weighted by Gasteiger charge is 2.39. The van der Waals surface area contributed by atoms with Crippen molar-refractivity contribution in [2.24, 2.45) is 11.8 Å². The average Bonchev–Trinajstić information content (AvgIpc) is 3.78. The normalized spacial score (nSPS) is 23.2. The van der Waals surface area contributed by atoms with Crippen LogP contribution in [0.4, 0.5) is 29.2 Å². The van der Waals surface area contributed by atoms with Crippen LogP contribution in [0, 0.1) is 17.7 Å². The van der Waals surface area contributed by atoms with E-state index in [0.717, 1.165) is 25.0 Å². The number of β-amino-alcohol motifs (C(OH)–C–C–N with tert-alkyl or cyclic N) is 1. The van der Waals surface area contributed by atoms with Crippen LogP contribution in [-0.2, 0) is 22.3 Å². The van der Waals surface area contributed by atoms with Gasteiger partial charge in [-0.25, -0.2) is 9.97 Å². The molecule has 1 aromatic carbocycles. The Morgan fingerprint density at radius 3 is 2.44 bits per heavy atom. The maximum Gasteiger partial charge on any atom is 0.416 e. The Hall–Kier alpha value is -3.03. The van der Waals surface area contributed by atoms with Crippen LogP contribution in [0.3, 0.4) is 0 Å². The molecular weight excluding hydrogens is 546 g/mol. The first kappa shape index (κ1) is 29.5. The summed E-state index contributed by atoms with van der Waals surface area (Å²) in [5.74, 6) is -1.78. The van der Waals surface area contributed by atoms with Crippen molar-refractivity contribution < 1.29 is 37.3 Å². The van der Waals surface area contributed by atoms with Crippen LogP contribution >= 0.6 is 0 Å². The largest absolute Gasteiger partial charge is 0.480 e. The van der Waals surface area contributed by atoms with Gasteiger partial charge in [-0.3, -0.25) is 9.69 Å². The van der Waals surface area contributed by atoms with E-state index >= 15 is 4.39 Å². The molecule has 41 heavy (non-hydrogen) atoms. The Bertz CT molecular complexity index is 1190. The highest BCUT2D eigenvalue weighted by atomic mass is 19.4. The smallest absolute Gasteiger partial charge is 0.416 e. The average molecular weight is 582 g/mol. The molecule has 2 saturated heterocycles. The van der Waals surface area contributed by atoms with Gasteiger partial charge in [0.25, 0.3) is 0 Å². The van der Waals surface area contributed by atoms with Crippen molar-refractivity contribution in [3.05, 3.63) is 47.5 Å². The molecule has 0 bridgehead atoms. The Labute approximate surface area is 235 Å². The van der Waals surface area contributed by atoms with E-state index in [1.165, 1.54) is 18.5 Å². The summed E-state index contributed by atoms with van der Waals surface area (Å²) in [6, 6.07) is 4.16. The second-order valence-electron chi connectivity index (χ2n) is 11.1. The van der Waals surface area contributed by atoms with Crippen LogP contribution in [0.15, 0.2) is 30.6 Å². The molecule has 2 aromatic rings. The van der Waals surface area contributed by atoms with E-state index in [-0.39, 0.29) is 49.1 Å². The summed E-state index contributed by atoms with van der Waals surface area (Å²) in [6.07, 6.45) is -0.478. The van der Waals surface area contributed by atoms with Crippen molar-refractivity contribution >= 4 is 17.6 Å². The van der Waals surface area contributed by atoms with Crippen LogP contribution in [0.5, 0.6) is 0 Å². The van der Waals surface area contributed by atoms with Crippen LogP contribution in [0.25, 0.3) is 0 Å². The number of alkyl halides is 3. The van der Waals surface area contributed by atoms with Crippen molar-refractivity contribution in [2.75, 3.05) is 43.1 Å². The molecule has 3 heterocycles. The minimum atomic E-state index is -4.43. The van der Waals surface area contributed by atoms with Crippen LogP contribution in [-0.4, -0.2) is 82.1 Å². The standard InChI is InChI=1S/C28H35F4N5O4/c29-23-25(33-13-19-7-10-36(15-22(19)38)24(27(39)40)18-8-11-41-12-9-18)34-16-35-26(23)37(21-5-6-21)14-17-1-3-20(4-2-17)28(30,31)32/h1-4,16,18-19,21-22,24,38H,5-15H2,(H,39,40)(H,33,34,35)/t19-,22+,24-/m1/s1. The maximum atomic E-state index is 15.6. The molecular formula is C28H35F4N5O4. The van der Waals surface area contributed by atoms with Gasteiger partial charge in [0, 0.05) is 44.8 Å². The Morgan fingerprint density at radius 1 is 1.12 bits per heavy atom. The van der Waals surface area contributed by atoms with Crippen LogP contribution in [0.1, 0.15) is 43.2 Å². The lowest BCUT2D eigenvalue weighted by molar-refractivity contribution is -0.149. The number of aliphatic carboxylic acids is 1. The number of aromatic nitrogens is 2. The fourth-order valence-corrected chi connectivity index (χ4v) is 5.85. The summed E-state index contributed by atoms with van der Waals surface area (Å²) >= 11 is 0. The van der Waals surface area contributed by atoms with Gasteiger partial charge in [-0.1, -0.05) is 12.1 Å². The van der Waals surface area contributed by atoms with Crippen molar-refractivity contribution in [3.63, 3.8) is 0 Å². The minimum Gasteiger partial charge on any atom is -0.480 e. The topological polar surface area (TPSA) is 111 Å². The molecule has 0 spiro atoms. The zero-order chi connectivity index (χ0) is 29.1. The Balaban J connectivity index is 1.21. The monoisotopic (exact) mass is 581 g/mol. The van der Waals surface area contributed by atoms with Crippen LogP contribution < -0.4 is 10.2 Å². The third-order valence-corrected chi connectivity index (χ3v) is 8.31. The molecule has 3 atom stereocenters. The number of nitrogens with one attached hydrogen (secondary N) is 1. The number of ether oxygens (including phenoxy) is 1. The molecule has 0 amide bonds. The number of carbonyl (C=O) groups is 1. The van der Waals surface area contributed by atoms with Gasteiger partial charge >= 0.3 is 12.1 Å². The van der Waals surface area contributed by atoms with Gasteiger partial charge < -0.3 is 25.2 Å². The number of aliphatic hydroxyl groups is 1. The Morgan fingerprint density at radius 2 is 1.83 bits per heavy atom. The van der Waals surface area contributed by atoms with Gasteiger partial charge in [0.05, 0.1) is 11.7 Å². The SMILES string of the molecule is O=C(O)[C@@H](C1CCOCC1)N1CC[C@H](CNc2ncnc(N(Cc3ccc(C(F)(F)F)cc3)C3CC3)c2F)[C@@H](O)C1. The number of benzene rings is 1. The number of carboxylic acids is 1. The fraction of sp³-hybridized carbons (Fsp3) is 0.607. The van der Waals surface area contributed by atoms with Gasteiger partial charge in [-0.05, 0) is 62.3 Å². The van der Waals surface area contributed by atoms with Crippen molar-refractivity contribution in [1.29, 1.82) is 0 Å². The van der Waals surface area contributed by atoms with Gasteiger partial charge in [-0.2, -0.15) is 17.6 Å². The predicted octanol–water partition coefficient (Wildman–Crippen LogP) is 3.78. The third kappa shape index (κ3) is 7.07. The number of likely N-dealkylation sites (tertiary alicyclic amines) is 1. The molecule has 13 heteroatoms. The van der Waals surface area contributed by atoms with E-state index in [9.17, 15) is 28.2 Å². The first-order valence-electron chi connectivity index (χ1n) is 14.0. The summed E-state index contributed by atoms with van der Waals surface area (Å²) in [4.78, 5) is 23.8. The zero-order valence-corrected chi connectivity index (χ0v) is 22.6. The molecule has 3 aliphatic rings. The second-order valence-corrected chi connectivity index (χ2v) is 11.1. The number of halogens is 4. The lowest BCUT2D eigenvalue weighted by Crippen LogP contribution is -2.55. The molecule has 3 N–H and O–H groups in total. The van der Waals surface area contributed by atoms with Gasteiger partial charge in [0.2, 0.25) is 5.82 Å². The molecule has 5 rings (SSSR count). The summed E-state index contributed by atoms with van der Waals surface area (Å²) in [5.41, 5.74) is -0.137. The molecule has 3 fully saturated rings. The number of hydrogen-bond donors (Lipinski definition) is 3. The highest BCUT2D eigenvalue weighted by Crippen LogP contribution is 2.36. The van der Waals surface area contributed by atoms with Gasteiger partial charge in [0.15, 0.2) is 11.6 Å². The molecule has 1 aliphatic carbocycles. The van der Waals surface area contributed by atoms with E-state index < -0.39 is 35.7 Å². The first-order chi connectivity index (χ1) is 19.6. The molecule has 1 aromatic heterocycles. The highest BCUT2D eigenvalue weighted by molar-refractivity contribution is 5.74. The number of hydrogen-bond acceptors (Lipinski definition) is 8. The van der Waals surface area contributed by atoms with Crippen molar-refractivity contribution in [3.8, 4) is 0 Å². The lowest BCUT2D eigenvalue weighted by Gasteiger charge is -2.42. The van der Waals surface area contributed by atoms with E-state index in [0.29, 0.717) is 44.6 Å². The van der Waals surface area contributed by atoms with E-state index in [1.807, 2.05) is 4.90 Å². The van der Waals surface area contributed by atoms with E-state index in [1.54, 1.807) is 4.90 Å². The summed E-state index contributed by atoms with van der Waals surface area (Å²) in [5, 5.41) is 23.7. The first-order valence-corrected chi connectivity index (χ1v) is 14.0. The molecule has 9 nitrogen and oxygen atoms in total. The minimum absolute atomic E-state index is 0.0201. The lowest BCUT2D eigenvalue weighted by atomic mass is 9.87. The summed E-state index contributed by atoms with van der Waals surface area (Å²) < 4.78 is 59.8. The van der Waals surface area contributed by atoms with Gasteiger partial charge in [-0.15, -0.1) is 0 Å². The predicted molar refractivity (Wildman–Crippen MR) is 142 cm³/mol. The maximum absolute atomic E-state index is 15.6. The zero-order valence-electron chi connectivity index (χ0n) is 22.6. The molecule has 1 saturated carbocycles. The third-order valence-electron chi connectivity index (χ3n) is 8.31. The van der Waals surface area contributed by atoms with Crippen molar-refractivity contribution in [2.45, 2.75) is 63.0 Å². The number of piperidine rings is 1. The molecule has 0 unspecified atom stereocenters.